The highest BCUT2D eigenvalue weighted by Gasteiger charge is 2.12. The maximum atomic E-state index is 12.0. The number of carbonyl (C=O) groups is 1. The first-order valence-corrected chi connectivity index (χ1v) is 8.25. The van der Waals surface area contributed by atoms with Crippen molar-refractivity contribution in [1.29, 1.82) is 0 Å². The fraction of sp³-hybridized carbons (Fsp3) is 0.214. The largest absolute Gasteiger partial charge is 0.349 e. The first kappa shape index (κ1) is 14.8. The molecule has 0 radical (unpaired) electrons. The summed E-state index contributed by atoms with van der Waals surface area (Å²) in [7, 11) is 0. The average Bonchev–Trinajstić information content (AvgIpc) is 2.79. The molecular weight excluding hydrogens is 390 g/mol. The van der Waals surface area contributed by atoms with Crippen LogP contribution in [0.2, 0.25) is 0 Å². The predicted octanol–water partition coefficient (Wildman–Crippen LogP) is 4.63. The molecule has 0 spiro atoms. The van der Waals surface area contributed by atoms with Crippen LogP contribution in [0.4, 0.5) is 0 Å². The molecule has 2 aromatic rings. The Hall–Kier alpha value is -0.650. The number of rotatable bonds is 4. The lowest BCUT2D eigenvalue weighted by Gasteiger charge is -2.13. The Kier molecular flexibility index (Phi) is 5.19. The maximum absolute atomic E-state index is 12.0. The molecular formula is C14H13Br2NOS. The second kappa shape index (κ2) is 6.68. The molecule has 1 aromatic heterocycles. The average molecular weight is 403 g/mol. The fourth-order valence-electron chi connectivity index (χ4n) is 1.76. The number of carbonyl (C=O) groups excluding carboxylic acids is 1. The first-order valence-electron chi connectivity index (χ1n) is 5.85. The lowest BCUT2D eigenvalue weighted by atomic mass is 10.1. The zero-order chi connectivity index (χ0) is 13.8. The van der Waals surface area contributed by atoms with Crippen molar-refractivity contribution in [1.82, 2.24) is 5.32 Å². The lowest BCUT2D eigenvalue weighted by Crippen LogP contribution is -2.33. The van der Waals surface area contributed by atoms with Crippen molar-refractivity contribution in [3.63, 3.8) is 0 Å². The summed E-state index contributed by atoms with van der Waals surface area (Å²) < 4.78 is 2.04. The summed E-state index contributed by atoms with van der Waals surface area (Å²) in [5.74, 6) is -0.0136. The van der Waals surface area contributed by atoms with E-state index < -0.39 is 0 Å². The van der Waals surface area contributed by atoms with Gasteiger partial charge in [-0.25, -0.2) is 0 Å². The van der Waals surface area contributed by atoms with Crippen molar-refractivity contribution in [2.75, 3.05) is 0 Å². The molecule has 1 N–H and O–H groups in total. The zero-order valence-corrected chi connectivity index (χ0v) is 14.3. The molecule has 2 rings (SSSR count). The molecule has 19 heavy (non-hydrogen) atoms. The van der Waals surface area contributed by atoms with Crippen molar-refractivity contribution < 1.29 is 4.79 Å². The van der Waals surface area contributed by atoms with Gasteiger partial charge in [-0.05, 0) is 59.1 Å². The summed E-state index contributed by atoms with van der Waals surface area (Å²) in [5, 5.41) is 3.01. The van der Waals surface area contributed by atoms with Crippen LogP contribution < -0.4 is 5.32 Å². The Labute approximate surface area is 133 Å². The Morgan fingerprint density at radius 1 is 1.21 bits per heavy atom. The Morgan fingerprint density at radius 3 is 2.47 bits per heavy atom. The molecule has 1 amide bonds. The van der Waals surface area contributed by atoms with Gasteiger partial charge in [0.2, 0.25) is 0 Å². The quantitative estimate of drug-likeness (QED) is 0.793. The van der Waals surface area contributed by atoms with Crippen LogP contribution in [0, 0.1) is 0 Å². The number of halogens is 2. The van der Waals surface area contributed by atoms with Crippen LogP contribution in [0.5, 0.6) is 0 Å². The molecule has 0 bridgehead atoms. The molecule has 1 aromatic carbocycles. The predicted molar refractivity (Wildman–Crippen MR) is 86.8 cm³/mol. The molecule has 0 aliphatic heterocycles. The van der Waals surface area contributed by atoms with Crippen LogP contribution in [0.25, 0.3) is 0 Å². The van der Waals surface area contributed by atoms with Gasteiger partial charge in [-0.2, -0.15) is 0 Å². The zero-order valence-electron chi connectivity index (χ0n) is 10.3. The molecule has 0 aliphatic rings. The topological polar surface area (TPSA) is 29.1 Å². The van der Waals surface area contributed by atoms with Crippen LogP contribution in [0.15, 0.2) is 44.7 Å². The maximum Gasteiger partial charge on any atom is 0.261 e. The van der Waals surface area contributed by atoms with E-state index in [1.807, 2.05) is 31.2 Å². The van der Waals surface area contributed by atoms with E-state index in [1.54, 1.807) is 0 Å². The van der Waals surface area contributed by atoms with E-state index in [0.717, 1.165) is 19.6 Å². The third-order valence-corrected chi connectivity index (χ3v) is 4.78. The highest BCUT2D eigenvalue weighted by molar-refractivity contribution is 9.11. The van der Waals surface area contributed by atoms with Gasteiger partial charge in [-0.1, -0.05) is 28.1 Å². The van der Waals surface area contributed by atoms with Gasteiger partial charge < -0.3 is 5.32 Å². The van der Waals surface area contributed by atoms with Crippen molar-refractivity contribution >= 4 is 49.1 Å². The minimum absolute atomic E-state index is 0.0136. The fourth-order valence-corrected chi connectivity index (χ4v) is 3.31. The third-order valence-electron chi connectivity index (χ3n) is 2.63. The van der Waals surface area contributed by atoms with Crippen LogP contribution >= 0.6 is 43.2 Å². The second-order valence-electron chi connectivity index (χ2n) is 4.31. The molecule has 0 saturated carbocycles. The van der Waals surface area contributed by atoms with Gasteiger partial charge in [0.05, 0.1) is 8.66 Å². The summed E-state index contributed by atoms with van der Waals surface area (Å²) >= 11 is 8.22. The lowest BCUT2D eigenvalue weighted by molar-refractivity contribution is 0.0944. The molecule has 1 unspecified atom stereocenters. The standard InChI is InChI=1S/C14H13Br2NOS/c1-9(8-10-2-4-11(15)5-3-10)17-14(18)12-6-7-13(16)19-12/h2-7,9H,8H2,1H3,(H,17,18). The molecule has 2 nitrogen and oxygen atoms in total. The normalized spacial score (nSPS) is 12.2. The monoisotopic (exact) mass is 401 g/mol. The van der Waals surface area contributed by atoms with E-state index >= 15 is 0 Å². The summed E-state index contributed by atoms with van der Waals surface area (Å²) in [6.07, 6.45) is 0.825. The van der Waals surface area contributed by atoms with Gasteiger partial charge in [0.25, 0.3) is 5.91 Å². The SMILES string of the molecule is CC(Cc1ccc(Br)cc1)NC(=O)c1ccc(Br)s1. The van der Waals surface area contributed by atoms with Gasteiger partial charge in [0.15, 0.2) is 0 Å². The van der Waals surface area contributed by atoms with Crippen molar-refractivity contribution in [2.24, 2.45) is 0 Å². The first-order chi connectivity index (χ1) is 9.04. The van der Waals surface area contributed by atoms with Crippen LogP contribution in [-0.2, 0) is 6.42 Å². The van der Waals surface area contributed by atoms with E-state index in [4.69, 9.17) is 0 Å². The minimum Gasteiger partial charge on any atom is -0.349 e. The summed E-state index contributed by atoms with van der Waals surface area (Å²) in [6.45, 7) is 2.02. The van der Waals surface area contributed by atoms with E-state index in [-0.39, 0.29) is 11.9 Å². The van der Waals surface area contributed by atoms with Crippen LogP contribution in [-0.4, -0.2) is 11.9 Å². The summed E-state index contributed by atoms with van der Waals surface area (Å²) in [4.78, 5) is 12.7. The minimum atomic E-state index is -0.0136. The van der Waals surface area contributed by atoms with Crippen molar-refractivity contribution in [3.8, 4) is 0 Å². The molecule has 1 atom stereocenters. The molecule has 1 heterocycles. The van der Waals surface area contributed by atoms with Gasteiger partial charge >= 0.3 is 0 Å². The van der Waals surface area contributed by atoms with Gasteiger partial charge in [0.1, 0.15) is 0 Å². The number of benzene rings is 1. The van der Waals surface area contributed by atoms with Crippen LogP contribution in [0.1, 0.15) is 22.2 Å². The third kappa shape index (κ3) is 4.44. The van der Waals surface area contributed by atoms with Crippen LogP contribution in [0.3, 0.4) is 0 Å². The molecule has 0 aliphatic carbocycles. The van der Waals surface area contributed by atoms with Crippen molar-refractivity contribution in [2.45, 2.75) is 19.4 Å². The smallest absolute Gasteiger partial charge is 0.261 e. The Morgan fingerprint density at radius 2 is 1.89 bits per heavy atom. The Bertz CT molecular complexity index is 565. The summed E-state index contributed by atoms with van der Waals surface area (Å²) in [6, 6.07) is 12.0. The summed E-state index contributed by atoms with van der Waals surface area (Å²) in [5.41, 5.74) is 1.21. The molecule has 0 saturated heterocycles. The van der Waals surface area contributed by atoms with E-state index in [9.17, 15) is 4.79 Å². The van der Waals surface area contributed by atoms with Gasteiger partial charge in [0, 0.05) is 10.5 Å². The van der Waals surface area contributed by atoms with E-state index in [1.165, 1.54) is 16.9 Å². The second-order valence-corrected chi connectivity index (χ2v) is 7.69. The van der Waals surface area contributed by atoms with Gasteiger partial charge in [-0.3, -0.25) is 4.79 Å². The van der Waals surface area contributed by atoms with Gasteiger partial charge in [-0.15, -0.1) is 11.3 Å². The highest BCUT2D eigenvalue weighted by atomic mass is 79.9. The number of nitrogens with one attached hydrogen (secondary N) is 1. The van der Waals surface area contributed by atoms with E-state index in [0.29, 0.717) is 0 Å². The molecule has 5 heteroatoms. The number of hydrogen-bond acceptors (Lipinski definition) is 2. The Balaban J connectivity index is 1.92. The molecule has 0 fully saturated rings. The van der Waals surface area contributed by atoms with E-state index in [2.05, 4.69) is 49.3 Å². The molecule has 100 valence electrons. The highest BCUT2D eigenvalue weighted by Crippen LogP contribution is 2.22. The number of hydrogen-bond donors (Lipinski definition) is 1. The number of thiophene rings is 1. The number of amides is 1. The van der Waals surface area contributed by atoms with Crippen molar-refractivity contribution in [3.05, 3.63) is 55.1 Å².